The highest BCUT2D eigenvalue weighted by Crippen LogP contribution is 2.26. The molecule has 6 heteroatoms. The van der Waals surface area contributed by atoms with Crippen LogP contribution < -0.4 is 0 Å². The Morgan fingerprint density at radius 3 is 2.46 bits per heavy atom. The average molecular weight is 342 g/mol. The number of carbonyl (C=O) groups is 2. The van der Waals surface area contributed by atoms with Crippen molar-refractivity contribution in [3.63, 3.8) is 0 Å². The summed E-state index contributed by atoms with van der Waals surface area (Å²) in [7, 11) is 0. The van der Waals surface area contributed by atoms with E-state index in [9.17, 15) is 19.8 Å². The molecule has 6 nitrogen and oxygen atoms in total. The van der Waals surface area contributed by atoms with Crippen LogP contribution in [0.4, 0.5) is 0 Å². The zero-order valence-corrected chi connectivity index (χ0v) is 14.9. The highest BCUT2D eigenvalue weighted by atomic mass is 16.6. The number of rotatable bonds is 12. The van der Waals surface area contributed by atoms with Crippen molar-refractivity contribution in [3.8, 4) is 0 Å². The van der Waals surface area contributed by atoms with Crippen molar-refractivity contribution in [2.75, 3.05) is 13.2 Å². The zero-order chi connectivity index (χ0) is 18.6. The van der Waals surface area contributed by atoms with E-state index in [-0.39, 0.29) is 13.2 Å². The van der Waals surface area contributed by atoms with Gasteiger partial charge in [-0.15, -0.1) is 6.58 Å². The van der Waals surface area contributed by atoms with Gasteiger partial charge in [-0.3, -0.25) is 9.59 Å². The third-order valence-corrected chi connectivity index (χ3v) is 3.68. The first kappa shape index (κ1) is 22.3. The Bertz CT molecular complexity index is 439. The Hall–Kier alpha value is -1.66. The smallest absolute Gasteiger partial charge is 0.303 e. The van der Waals surface area contributed by atoms with Crippen molar-refractivity contribution in [2.45, 2.75) is 64.6 Å². The lowest BCUT2D eigenvalue weighted by Crippen LogP contribution is -2.42. The fraction of sp³-hybridized carbons (Fsp3) is 0.667. The first-order chi connectivity index (χ1) is 11.2. The number of carbonyl (C=O) groups excluding carboxylic acids is 2. The number of aliphatic hydroxyl groups excluding tert-OH is 1. The Kier molecular flexibility index (Phi) is 11.0. The maximum absolute atomic E-state index is 11.3. The van der Waals surface area contributed by atoms with E-state index in [2.05, 4.69) is 6.58 Å². The van der Waals surface area contributed by atoms with Crippen LogP contribution in [0.25, 0.3) is 0 Å². The van der Waals surface area contributed by atoms with E-state index >= 15 is 0 Å². The van der Waals surface area contributed by atoms with E-state index in [1.54, 1.807) is 19.1 Å². The quantitative estimate of drug-likeness (QED) is 0.321. The van der Waals surface area contributed by atoms with Gasteiger partial charge in [-0.1, -0.05) is 6.08 Å². The molecule has 0 aromatic carbocycles. The minimum Gasteiger partial charge on any atom is -0.462 e. The van der Waals surface area contributed by atoms with Crippen LogP contribution >= 0.6 is 0 Å². The average Bonchev–Trinajstić information content (AvgIpc) is 2.48. The molecule has 0 aromatic rings. The highest BCUT2D eigenvalue weighted by Gasteiger charge is 2.33. The summed E-state index contributed by atoms with van der Waals surface area (Å²) in [5.41, 5.74) is -0.499. The third kappa shape index (κ3) is 10.2. The third-order valence-electron chi connectivity index (χ3n) is 3.68. The van der Waals surface area contributed by atoms with Crippen LogP contribution in [0.5, 0.6) is 0 Å². The summed E-state index contributed by atoms with van der Waals surface area (Å²) in [6.07, 6.45) is 5.50. The molecule has 24 heavy (non-hydrogen) atoms. The summed E-state index contributed by atoms with van der Waals surface area (Å²) in [4.78, 5) is 22.1. The van der Waals surface area contributed by atoms with Gasteiger partial charge < -0.3 is 19.7 Å². The van der Waals surface area contributed by atoms with Gasteiger partial charge in [0.05, 0.1) is 12.2 Å². The fourth-order valence-corrected chi connectivity index (χ4v) is 2.30. The van der Waals surface area contributed by atoms with Gasteiger partial charge >= 0.3 is 11.9 Å². The lowest BCUT2D eigenvalue weighted by Gasteiger charge is -2.32. The van der Waals surface area contributed by atoms with Crippen molar-refractivity contribution in [1.29, 1.82) is 0 Å². The molecular formula is C18H30O6. The predicted molar refractivity (Wildman–Crippen MR) is 91.3 cm³/mol. The maximum Gasteiger partial charge on any atom is 0.303 e. The number of allylic oxidation sites excluding steroid dienone is 1. The number of hydrogen-bond acceptors (Lipinski definition) is 6. The Balaban J connectivity index is 4.77. The SMILES string of the molecule is C=CCCC[C@](C)(O)[C@@H](CC/C(=C\COC(C)=O)CO)OC(C)=O. The molecule has 0 fully saturated rings. The number of hydrogen-bond donors (Lipinski definition) is 2. The van der Waals surface area contributed by atoms with E-state index in [0.717, 1.165) is 12.8 Å². The van der Waals surface area contributed by atoms with Gasteiger partial charge in [-0.2, -0.15) is 0 Å². The van der Waals surface area contributed by atoms with E-state index in [1.807, 2.05) is 0 Å². The van der Waals surface area contributed by atoms with Crippen LogP contribution in [0, 0.1) is 0 Å². The van der Waals surface area contributed by atoms with Crippen molar-refractivity contribution in [1.82, 2.24) is 0 Å². The molecule has 2 N–H and O–H groups in total. The molecule has 0 aliphatic carbocycles. The lowest BCUT2D eigenvalue weighted by molar-refractivity contribution is -0.162. The molecule has 0 saturated carbocycles. The second kappa shape index (κ2) is 11.8. The van der Waals surface area contributed by atoms with E-state index in [1.165, 1.54) is 13.8 Å². The second-order valence-corrected chi connectivity index (χ2v) is 6.00. The largest absolute Gasteiger partial charge is 0.462 e. The van der Waals surface area contributed by atoms with Crippen LogP contribution in [-0.4, -0.2) is 47.1 Å². The molecule has 0 heterocycles. The summed E-state index contributed by atoms with van der Waals surface area (Å²) in [6.45, 7) is 7.80. The van der Waals surface area contributed by atoms with Gasteiger partial charge in [0.15, 0.2) is 0 Å². The van der Waals surface area contributed by atoms with E-state index in [0.29, 0.717) is 24.8 Å². The predicted octanol–water partition coefficient (Wildman–Crippen LogP) is 2.29. The van der Waals surface area contributed by atoms with Crippen molar-refractivity contribution in [3.05, 3.63) is 24.3 Å². The topological polar surface area (TPSA) is 93.1 Å². The molecule has 138 valence electrons. The molecule has 0 aliphatic rings. The Labute approximate surface area is 144 Å². The summed E-state index contributed by atoms with van der Waals surface area (Å²) < 4.78 is 10.1. The second-order valence-electron chi connectivity index (χ2n) is 6.00. The monoisotopic (exact) mass is 342 g/mol. The Morgan fingerprint density at radius 2 is 1.96 bits per heavy atom. The van der Waals surface area contributed by atoms with Crippen LogP contribution in [0.3, 0.4) is 0 Å². The van der Waals surface area contributed by atoms with Crippen molar-refractivity contribution >= 4 is 11.9 Å². The summed E-state index contributed by atoms with van der Waals surface area (Å²) in [6, 6.07) is 0. The first-order valence-corrected chi connectivity index (χ1v) is 8.15. The minimum atomic E-state index is -1.16. The molecule has 0 spiro atoms. The van der Waals surface area contributed by atoms with E-state index < -0.39 is 23.6 Å². The van der Waals surface area contributed by atoms with Crippen LogP contribution in [0.1, 0.15) is 52.9 Å². The summed E-state index contributed by atoms with van der Waals surface area (Å²) in [5, 5.41) is 20.0. The lowest BCUT2D eigenvalue weighted by atomic mass is 9.88. The highest BCUT2D eigenvalue weighted by molar-refractivity contribution is 5.66. The molecule has 0 bridgehead atoms. The normalized spacial score (nSPS) is 15.3. The van der Waals surface area contributed by atoms with Gasteiger partial charge in [0.2, 0.25) is 0 Å². The minimum absolute atomic E-state index is 0.0825. The zero-order valence-electron chi connectivity index (χ0n) is 14.9. The van der Waals surface area contributed by atoms with Crippen LogP contribution in [-0.2, 0) is 19.1 Å². The van der Waals surface area contributed by atoms with Gasteiger partial charge in [-0.05, 0) is 50.7 Å². The van der Waals surface area contributed by atoms with Gasteiger partial charge in [0.1, 0.15) is 12.7 Å². The maximum atomic E-state index is 11.3. The van der Waals surface area contributed by atoms with Crippen LogP contribution in [0.2, 0.25) is 0 Å². The number of ether oxygens (including phenoxy) is 2. The van der Waals surface area contributed by atoms with Crippen molar-refractivity contribution < 1.29 is 29.3 Å². The summed E-state index contributed by atoms with van der Waals surface area (Å²) in [5.74, 6) is -0.857. The fourth-order valence-electron chi connectivity index (χ4n) is 2.30. The number of unbranched alkanes of at least 4 members (excludes halogenated alkanes) is 1. The Morgan fingerprint density at radius 1 is 1.29 bits per heavy atom. The first-order valence-electron chi connectivity index (χ1n) is 8.15. The van der Waals surface area contributed by atoms with Gasteiger partial charge in [-0.25, -0.2) is 0 Å². The number of aliphatic hydroxyl groups is 2. The van der Waals surface area contributed by atoms with Crippen LogP contribution in [0.15, 0.2) is 24.3 Å². The van der Waals surface area contributed by atoms with Crippen molar-refractivity contribution in [2.24, 2.45) is 0 Å². The summed E-state index contributed by atoms with van der Waals surface area (Å²) >= 11 is 0. The van der Waals surface area contributed by atoms with E-state index in [4.69, 9.17) is 9.47 Å². The molecule has 0 unspecified atom stereocenters. The molecule has 0 amide bonds. The molecule has 0 rings (SSSR count). The molecule has 0 aliphatic heterocycles. The standard InChI is InChI=1S/C18H30O6/c1-5-6-7-11-18(4,22)17(24-15(3)21)9-8-16(13-19)10-12-23-14(2)20/h5,10,17,19,22H,1,6-9,11-13H2,2-4H3/b16-10+/t17-,18+/m1/s1. The number of esters is 2. The molecule has 0 aromatic heterocycles. The molecule has 0 radical (unpaired) electrons. The molecule has 2 atom stereocenters. The molecule has 0 saturated heterocycles. The van der Waals surface area contributed by atoms with Gasteiger partial charge in [0.25, 0.3) is 0 Å². The van der Waals surface area contributed by atoms with Gasteiger partial charge in [0, 0.05) is 13.8 Å². The molecular weight excluding hydrogens is 312 g/mol.